The lowest BCUT2D eigenvalue weighted by Crippen LogP contribution is -2.45. The van der Waals surface area contributed by atoms with Gasteiger partial charge in [-0.1, -0.05) is 29.8 Å². The van der Waals surface area contributed by atoms with Gasteiger partial charge >= 0.3 is 6.09 Å². The highest BCUT2D eigenvalue weighted by Crippen LogP contribution is 2.26. The predicted octanol–water partition coefficient (Wildman–Crippen LogP) is 4.70. The Hall–Kier alpha value is -2.41. The number of likely N-dealkylation sites (tertiary alicyclic amines) is 1. The Morgan fingerprint density at radius 3 is 2.64 bits per heavy atom. The number of hydrogen-bond acceptors (Lipinski definition) is 5. The fourth-order valence-corrected chi connectivity index (χ4v) is 3.80. The zero-order chi connectivity index (χ0) is 20.3. The van der Waals surface area contributed by atoms with Gasteiger partial charge in [-0.05, 0) is 40.5 Å². The minimum atomic E-state index is -0.542. The Bertz CT molecular complexity index is 839. The molecule has 0 saturated carbocycles. The number of amides is 2. The summed E-state index contributed by atoms with van der Waals surface area (Å²) in [7, 11) is 0. The number of nitrogens with zero attached hydrogens (tertiary/aromatic N) is 2. The van der Waals surface area contributed by atoms with Crippen LogP contribution in [0.25, 0.3) is 11.3 Å². The number of rotatable bonds is 3. The molecule has 0 bridgehead atoms. The van der Waals surface area contributed by atoms with Crippen molar-refractivity contribution >= 4 is 28.5 Å². The van der Waals surface area contributed by atoms with Crippen LogP contribution in [0.4, 0.5) is 9.93 Å². The number of aromatic nitrogens is 1. The van der Waals surface area contributed by atoms with E-state index >= 15 is 0 Å². The van der Waals surface area contributed by atoms with Crippen LogP contribution < -0.4 is 5.32 Å². The maximum atomic E-state index is 12.7. The first kappa shape index (κ1) is 20.3. The van der Waals surface area contributed by atoms with Crippen molar-refractivity contribution in [1.82, 2.24) is 9.88 Å². The average molecular weight is 402 g/mol. The standard InChI is InChI=1S/C21H27N3O3S/c1-14-7-9-15(10-8-14)17-13-28-19(22-17)23-18(25)16-6-5-11-24(12-16)20(26)27-21(2,3)4/h7-10,13,16H,5-6,11-12H2,1-4H3,(H,22,23,25). The Morgan fingerprint density at radius 2 is 1.96 bits per heavy atom. The number of benzene rings is 1. The molecule has 0 radical (unpaired) electrons. The smallest absolute Gasteiger partial charge is 0.410 e. The lowest BCUT2D eigenvalue weighted by molar-refractivity contribution is -0.121. The third-order valence-corrected chi connectivity index (χ3v) is 5.28. The SMILES string of the molecule is Cc1ccc(-c2csc(NC(=O)C3CCCN(C(=O)OC(C)(C)C)C3)n2)cc1. The molecule has 2 heterocycles. The molecule has 7 heteroatoms. The van der Waals surface area contributed by atoms with Gasteiger partial charge < -0.3 is 15.0 Å². The fraction of sp³-hybridized carbons (Fsp3) is 0.476. The predicted molar refractivity (Wildman–Crippen MR) is 111 cm³/mol. The van der Waals surface area contributed by atoms with Crippen LogP contribution in [0.15, 0.2) is 29.6 Å². The highest BCUT2D eigenvalue weighted by atomic mass is 32.1. The molecule has 0 spiro atoms. The summed E-state index contributed by atoms with van der Waals surface area (Å²) in [5.74, 6) is -0.356. The quantitative estimate of drug-likeness (QED) is 0.809. The van der Waals surface area contributed by atoms with Crippen LogP contribution in [0.1, 0.15) is 39.2 Å². The van der Waals surface area contributed by atoms with Crippen LogP contribution in [-0.2, 0) is 9.53 Å². The molecule has 1 aliphatic rings. The van der Waals surface area contributed by atoms with Crippen molar-refractivity contribution in [3.63, 3.8) is 0 Å². The number of piperidine rings is 1. The molecule has 1 N–H and O–H groups in total. The van der Waals surface area contributed by atoms with E-state index in [0.717, 1.165) is 24.1 Å². The Balaban J connectivity index is 1.60. The second-order valence-corrected chi connectivity index (χ2v) is 9.02. The van der Waals surface area contributed by atoms with Crippen molar-refractivity contribution in [2.24, 2.45) is 5.92 Å². The van der Waals surface area contributed by atoms with Crippen molar-refractivity contribution in [1.29, 1.82) is 0 Å². The Labute approximate surface area is 169 Å². The third kappa shape index (κ3) is 5.32. The molecule has 28 heavy (non-hydrogen) atoms. The van der Waals surface area contributed by atoms with Gasteiger partial charge in [0.05, 0.1) is 11.6 Å². The number of nitrogens with one attached hydrogen (secondary N) is 1. The van der Waals surface area contributed by atoms with E-state index in [-0.39, 0.29) is 17.9 Å². The molecule has 2 amide bonds. The monoisotopic (exact) mass is 401 g/mol. The topological polar surface area (TPSA) is 71.5 Å². The molecule has 1 atom stereocenters. The summed E-state index contributed by atoms with van der Waals surface area (Å²) < 4.78 is 5.43. The Kier molecular flexibility index (Phi) is 6.03. The minimum Gasteiger partial charge on any atom is -0.444 e. The van der Waals surface area contributed by atoms with Crippen molar-refractivity contribution < 1.29 is 14.3 Å². The molecular weight excluding hydrogens is 374 g/mol. The fourth-order valence-electron chi connectivity index (χ4n) is 3.08. The van der Waals surface area contributed by atoms with E-state index in [9.17, 15) is 9.59 Å². The van der Waals surface area contributed by atoms with Crippen LogP contribution in [0.5, 0.6) is 0 Å². The van der Waals surface area contributed by atoms with E-state index in [1.165, 1.54) is 16.9 Å². The van der Waals surface area contributed by atoms with Crippen molar-refractivity contribution in [2.45, 2.75) is 46.1 Å². The van der Waals surface area contributed by atoms with Crippen LogP contribution in [0, 0.1) is 12.8 Å². The lowest BCUT2D eigenvalue weighted by atomic mass is 9.97. The molecule has 1 unspecified atom stereocenters. The van der Waals surface area contributed by atoms with E-state index < -0.39 is 5.60 Å². The highest BCUT2D eigenvalue weighted by molar-refractivity contribution is 7.14. The third-order valence-electron chi connectivity index (χ3n) is 4.53. The summed E-state index contributed by atoms with van der Waals surface area (Å²) in [6.07, 6.45) is 1.17. The van der Waals surface area contributed by atoms with Crippen LogP contribution in [0.2, 0.25) is 0 Å². The van der Waals surface area contributed by atoms with Crippen LogP contribution >= 0.6 is 11.3 Å². The molecule has 6 nitrogen and oxygen atoms in total. The van der Waals surface area contributed by atoms with E-state index in [2.05, 4.69) is 10.3 Å². The molecule has 2 aromatic rings. The second kappa shape index (κ2) is 8.31. The summed E-state index contributed by atoms with van der Waals surface area (Å²) in [6.45, 7) is 8.55. The van der Waals surface area contributed by atoms with Gasteiger partial charge in [0, 0.05) is 24.0 Å². The van der Waals surface area contributed by atoms with Crippen molar-refractivity contribution in [3.05, 3.63) is 35.2 Å². The zero-order valence-electron chi connectivity index (χ0n) is 16.8. The molecule has 3 rings (SSSR count). The maximum Gasteiger partial charge on any atom is 0.410 e. The van der Waals surface area contributed by atoms with Gasteiger partial charge in [-0.25, -0.2) is 9.78 Å². The van der Waals surface area contributed by atoms with Gasteiger partial charge in [0.25, 0.3) is 0 Å². The number of ether oxygens (including phenoxy) is 1. The summed E-state index contributed by atoms with van der Waals surface area (Å²) in [5.41, 5.74) is 2.52. The molecule has 1 saturated heterocycles. The number of carbonyl (C=O) groups is 2. The van der Waals surface area contributed by atoms with Crippen molar-refractivity contribution in [2.75, 3.05) is 18.4 Å². The highest BCUT2D eigenvalue weighted by Gasteiger charge is 2.31. The molecular formula is C21H27N3O3S. The first-order valence-corrected chi connectivity index (χ1v) is 10.4. The van der Waals surface area contributed by atoms with Gasteiger partial charge in [-0.3, -0.25) is 4.79 Å². The molecule has 0 aliphatic carbocycles. The number of anilines is 1. The van der Waals surface area contributed by atoms with Crippen LogP contribution in [0.3, 0.4) is 0 Å². The number of thiazole rings is 1. The van der Waals surface area contributed by atoms with E-state index in [1.54, 1.807) is 4.90 Å². The van der Waals surface area contributed by atoms with Gasteiger partial charge in [-0.15, -0.1) is 11.3 Å². The zero-order valence-corrected chi connectivity index (χ0v) is 17.6. The molecule has 1 aromatic heterocycles. The lowest BCUT2D eigenvalue weighted by Gasteiger charge is -2.33. The molecule has 1 aliphatic heterocycles. The largest absolute Gasteiger partial charge is 0.444 e. The van der Waals surface area contributed by atoms with E-state index in [1.807, 2.05) is 57.3 Å². The summed E-state index contributed by atoms with van der Waals surface area (Å²) in [5, 5.41) is 5.43. The second-order valence-electron chi connectivity index (χ2n) is 8.16. The molecule has 1 aromatic carbocycles. The number of carbonyl (C=O) groups excluding carboxylic acids is 2. The average Bonchev–Trinajstić information content (AvgIpc) is 3.09. The van der Waals surface area contributed by atoms with E-state index in [4.69, 9.17) is 4.74 Å². The molecule has 1 fully saturated rings. The van der Waals surface area contributed by atoms with Crippen LogP contribution in [-0.4, -0.2) is 40.6 Å². The normalized spacial score (nSPS) is 17.3. The maximum absolute atomic E-state index is 12.7. The first-order valence-electron chi connectivity index (χ1n) is 9.52. The number of hydrogen-bond donors (Lipinski definition) is 1. The summed E-state index contributed by atoms with van der Waals surface area (Å²) in [6, 6.07) is 8.13. The molecule has 150 valence electrons. The first-order chi connectivity index (χ1) is 13.2. The van der Waals surface area contributed by atoms with Gasteiger partial charge in [0.2, 0.25) is 5.91 Å². The van der Waals surface area contributed by atoms with Gasteiger partial charge in [-0.2, -0.15) is 0 Å². The Morgan fingerprint density at radius 1 is 1.25 bits per heavy atom. The van der Waals surface area contributed by atoms with Crippen molar-refractivity contribution in [3.8, 4) is 11.3 Å². The van der Waals surface area contributed by atoms with Gasteiger partial charge in [0.15, 0.2) is 5.13 Å². The van der Waals surface area contributed by atoms with E-state index in [0.29, 0.717) is 18.2 Å². The number of aryl methyl sites for hydroxylation is 1. The van der Waals surface area contributed by atoms with Gasteiger partial charge in [0.1, 0.15) is 5.60 Å². The summed E-state index contributed by atoms with van der Waals surface area (Å²) in [4.78, 5) is 31.1. The summed E-state index contributed by atoms with van der Waals surface area (Å²) >= 11 is 1.41. The minimum absolute atomic E-state index is 0.0990.